The maximum atomic E-state index is 5.16. The van der Waals surface area contributed by atoms with Gasteiger partial charge in [0, 0.05) is 31.7 Å². The van der Waals surface area contributed by atoms with E-state index in [0.29, 0.717) is 19.0 Å². The highest BCUT2D eigenvalue weighted by Crippen LogP contribution is 2.13. The van der Waals surface area contributed by atoms with E-state index in [2.05, 4.69) is 25.6 Å². The third-order valence-corrected chi connectivity index (χ3v) is 3.46. The van der Waals surface area contributed by atoms with Crippen molar-refractivity contribution in [1.29, 1.82) is 0 Å². The van der Waals surface area contributed by atoms with Gasteiger partial charge in [-0.3, -0.25) is 4.98 Å². The lowest BCUT2D eigenvalue weighted by atomic mass is 10.2. The van der Waals surface area contributed by atoms with E-state index in [1.165, 1.54) is 0 Å². The molecule has 0 aliphatic heterocycles. The van der Waals surface area contributed by atoms with E-state index in [4.69, 9.17) is 4.74 Å². The molecule has 3 aromatic rings. The molecule has 1 aromatic carbocycles. The van der Waals surface area contributed by atoms with Crippen molar-refractivity contribution < 1.29 is 4.74 Å². The molecule has 0 spiro atoms. The fourth-order valence-electron chi connectivity index (χ4n) is 2.16. The Morgan fingerprint density at radius 1 is 0.917 bits per heavy atom. The van der Waals surface area contributed by atoms with Crippen molar-refractivity contribution in [1.82, 2.24) is 15.0 Å². The molecule has 3 rings (SSSR count). The lowest BCUT2D eigenvalue weighted by Crippen LogP contribution is -2.07. The highest BCUT2D eigenvalue weighted by Gasteiger charge is 2.00. The Balaban J connectivity index is 1.56. The average molecular weight is 321 g/mol. The Kier molecular flexibility index (Phi) is 5.19. The maximum absolute atomic E-state index is 5.16. The van der Waals surface area contributed by atoms with Crippen LogP contribution in [0.2, 0.25) is 0 Å². The molecular formula is C18H19N5O. The SMILES string of the molecule is COc1ccc(CNc2ccnc(NCc3cccnc3)n2)cc1. The normalized spacial score (nSPS) is 10.2. The topological polar surface area (TPSA) is 72.0 Å². The highest BCUT2D eigenvalue weighted by molar-refractivity contribution is 5.41. The molecule has 2 N–H and O–H groups in total. The zero-order chi connectivity index (χ0) is 16.6. The van der Waals surface area contributed by atoms with E-state index in [1.54, 1.807) is 19.5 Å². The first kappa shape index (κ1) is 15.7. The molecule has 24 heavy (non-hydrogen) atoms. The van der Waals surface area contributed by atoms with E-state index in [1.807, 2.05) is 48.7 Å². The summed E-state index contributed by atoms with van der Waals surface area (Å²) in [4.78, 5) is 12.8. The van der Waals surface area contributed by atoms with Crippen LogP contribution in [0.25, 0.3) is 0 Å². The highest BCUT2D eigenvalue weighted by atomic mass is 16.5. The van der Waals surface area contributed by atoms with Gasteiger partial charge < -0.3 is 15.4 Å². The van der Waals surface area contributed by atoms with Crippen molar-refractivity contribution in [2.24, 2.45) is 0 Å². The van der Waals surface area contributed by atoms with Crippen LogP contribution in [0.15, 0.2) is 61.1 Å². The summed E-state index contributed by atoms with van der Waals surface area (Å²) >= 11 is 0. The van der Waals surface area contributed by atoms with Gasteiger partial charge in [0.05, 0.1) is 7.11 Å². The quantitative estimate of drug-likeness (QED) is 0.697. The van der Waals surface area contributed by atoms with Gasteiger partial charge in [-0.2, -0.15) is 4.98 Å². The second kappa shape index (κ2) is 7.92. The average Bonchev–Trinajstić information content (AvgIpc) is 2.66. The fraction of sp³-hybridized carbons (Fsp3) is 0.167. The molecule has 0 aliphatic rings. The van der Waals surface area contributed by atoms with Gasteiger partial charge in [-0.1, -0.05) is 18.2 Å². The third kappa shape index (κ3) is 4.42. The van der Waals surface area contributed by atoms with Crippen LogP contribution in [0.1, 0.15) is 11.1 Å². The smallest absolute Gasteiger partial charge is 0.224 e. The number of rotatable bonds is 7. The molecule has 6 heteroatoms. The molecule has 0 saturated heterocycles. The van der Waals surface area contributed by atoms with Gasteiger partial charge in [0.2, 0.25) is 5.95 Å². The van der Waals surface area contributed by atoms with Crippen LogP contribution in [0.4, 0.5) is 11.8 Å². The van der Waals surface area contributed by atoms with Gasteiger partial charge in [0.15, 0.2) is 0 Å². The Labute approximate surface area is 141 Å². The summed E-state index contributed by atoms with van der Waals surface area (Å²) in [5, 5.41) is 6.49. The predicted molar refractivity (Wildman–Crippen MR) is 93.9 cm³/mol. The first-order valence-corrected chi connectivity index (χ1v) is 7.66. The van der Waals surface area contributed by atoms with E-state index in [0.717, 1.165) is 22.7 Å². The summed E-state index contributed by atoms with van der Waals surface area (Å²) in [6, 6.07) is 13.7. The molecule has 0 bridgehead atoms. The lowest BCUT2D eigenvalue weighted by Gasteiger charge is -2.09. The zero-order valence-corrected chi connectivity index (χ0v) is 13.4. The summed E-state index contributed by atoms with van der Waals surface area (Å²) < 4.78 is 5.16. The standard InChI is InChI=1S/C18H19N5O/c1-24-16-6-4-14(5-7-16)12-21-17-8-10-20-18(23-17)22-13-15-3-2-9-19-11-15/h2-11H,12-13H2,1H3,(H2,20,21,22,23). The Morgan fingerprint density at radius 2 is 1.75 bits per heavy atom. The molecule has 6 nitrogen and oxygen atoms in total. The maximum Gasteiger partial charge on any atom is 0.224 e. The van der Waals surface area contributed by atoms with Gasteiger partial charge in [-0.15, -0.1) is 0 Å². The second-order valence-corrected chi connectivity index (χ2v) is 5.18. The van der Waals surface area contributed by atoms with Gasteiger partial charge in [-0.05, 0) is 35.4 Å². The van der Waals surface area contributed by atoms with Crippen LogP contribution in [0.5, 0.6) is 5.75 Å². The number of nitrogens with zero attached hydrogens (tertiary/aromatic N) is 3. The summed E-state index contributed by atoms with van der Waals surface area (Å²) in [7, 11) is 1.66. The Bertz CT molecular complexity index is 762. The zero-order valence-electron chi connectivity index (χ0n) is 13.4. The molecule has 122 valence electrons. The first-order chi connectivity index (χ1) is 11.8. The third-order valence-electron chi connectivity index (χ3n) is 3.46. The largest absolute Gasteiger partial charge is 0.497 e. The van der Waals surface area contributed by atoms with Gasteiger partial charge >= 0.3 is 0 Å². The number of aromatic nitrogens is 3. The number of pyridine rings is 1. The van der Waals surface area contributed by atoms with Crippen LogP contribution in [0.3, 0.4) is 0 Å². The first-order valence-electron chi connectivity index (χ1n) is 7.66. The number of nitrogens with one attached hydrogen (secondary N) is 2. The monoisotopic (exact) mass is 321 g/mol. The van der Waals surface area contributed by atoms with E-state index < -0.39 is 0 Å². The predicted octanol–water partition coefficient (Wildman–Crippen LogP) is 3.10. The molecule has 0 aliphatic carbocycles. The molecule has 0 atom stereocenters. The van der Waals surface area contributed by atoms with Crippen LogP contribution < -0.4 is 15.4 Å². The minimum absolute atomic E-state index is 0.582. The van der Waals surface area contributed by atoms with Crippen molar-refractivity contribution in [2.75, 3.05) is 17.7 Å². The molecular weight excluding hydrogens is 302 g/mol. The van der Waals surface area contributed by atoms with Crippen LogP contribution in [-0.2, 0) is 13.1 Å². The minimum Gasteiger partial charge on any atom is -0.497 e. The van der Waals surface area contributed by atoms with Gasteiger partial charge in [0.25, 0.3) is 0 Å². The lowest BCUT2D eigenvalue weighted by molar-refractivity contribution is 0.414. The van der Waals surface area contributed by atoms with Gasteiger partial charge in [0.1, 0.15) is 11.6 Å². The molecule has 2 heterocycles. The number of benzene rings is 1. The van der Waals surface area contributed by atoms with E-state index in [9.17, 15) is 0 Å². The molecule has 0 unspecified atom stereocenters. The number of hydrogen-bond acceptors (Lipinski definition) is 6. The fourth-order valence-corrected chi connectivity index (χ4v) is 2.16. The van der Waals surface area contributed by atoms with Crippen molar-refractivity contribution in [3.63, 3.8) is 0 Å². The van der Waals surface area contributed by atoms with Crippen LogP contribution >= 0.6 is 0 Å². The molecule has 0 amide bonds. The van der Waals surface area contributed by atoms with Crippen molar-refractivity contribution in [3.05, 3.63) is 72.2 Å². The number of methoxy groups -OCH3 is 1. The Hall–Kier alpha value is -3.15. The van der Waals surface area contributed by atoms with Crippen LogP contribution in [0, 0.1) is 0 Å². The molecule has 0 radical (unpaired) electrons. The second-order valence-electron chi connectivity index (χ2n) is 5.18. The van der Waals surface area contributed by atoms with E-state index in [-0.39, 0.29) is 0 Å². The summed E-state index contributed by atoms with van der Waals surface area (Å²) in [6.07, 6.45) is 5.30. The van der Waals surface area contributed by atoms with Crippen molar-refractivity contribution in [2.45, 2.75) is 13.1 Å². The van der Waals surface area contributed by atoms with E-state index >= 15 is 0 Å². The van der Waals surface area contributed by atoms with Gasteiger partial charge in [-0.25, -0.2) is 4.98 Å². The number of hydrogen-bond donors (Lipinski definition) is 2. The van der Waals surface area contributed by atoms with Crippen molar-refractivity contribution in [3.8, 4) is 5.75 Å². The van der Waals surface area contributed by atoms with Crippen LogP contribution in [-0.4, -0.2) is 22.1 Å². The minimum atomic E-state index is 0.582. The molecule has 0 saturated carbocycles. The summed E-state index contributed by atoms with van der Waals surface area (Å²) in [6.45, 7) is 1.32. The summed E-state index contributed by atoms with van der Waals surface area (Å²) in [5.74, 6) is 2.20. The Morgan fingerprint density at radius 3 is 2.50 bits per heavy atom. The number of anilines is 2. The molecule has 2 aromatic heterocycles. The van der Waals surface area contributed by atoms with Crippen molar-refractivity contribution >= 4 is 11.8 Å². The number of ether oxygens (including phenoxy) is 1. The summed E-state index contributed by atoms with van der Waals surface area (Å²) in [5.41, 5.74) is 2.23. The molecule has 0 fully saturated rings.